The normalized spacial score (nSPS) is 20.2. The molecule has 0 aliphatic heterocycles. The van der Waals surface area contributed by atoms with Gasteiger partial charge >= 0.3 is 5.97 Å². The van der Waals surface area contributed by atoms with Crippen LogP contribution in [0.3, 0.4) is 0 Å². The van der Waals surface area contributed by atoms with Crippen LogP contribution in [0.25, 0.3) is 0 Å². The Balaban J connectivity index is 1.93. The number of sulfone groups is 1. The van der Waals surface area contributed by atoms with E-state index in [-0.39, 0.29) is 10.8 Å². The first kappa shape index (κ1) is 18.1. The number of aliphatic carboxylic acids is 1. The summed E-state index contributed by atoms with van der Waals surface area (Å²) in [6.07, 6.45) is 1.45. The van der Waals surface area contributed by atoms with Crippen LogP contribution in [0.15, 0.2) is 59.5 Å². The number of amides is 1. The van der Waals surface area contributed by atoms with Crippen molar-refractivity contribution in [3.05, 3.63) is 65.7 Å². The third-order valence-electron chi connectivity index (χ3n) is 4.48. The number of benzene rings is 2. The molecule has 0 bridgehead atoms. The highest BCUT2D eigenvalue weighted by Crippen LogP contribution is 2.39. The Hall–Kier alpha value is -2.67. The average Bonchev–Trinajstić information content (AvgIpc) is 3.41. The van der Waals surface area contributed by atoms with E-state index in [2.05, 4.69) is 5.32 Å². The van der Waals surface area contributed by atoms with Gasteiger partial charge in [0.15, 0.2) is 9.84 Å². The Kier molecular flexibility index (Phi) is 4.82. The minimum Gasteiger partial charge on any atom is -0.481 e. The molecule has 1 saturated carbocycles. The van der Waals surface area contributed by atoms with Gasteiger partial charge in [0.25, 0.3) is 0 Å². The molecule has 26 heavy (non-hydrogen) atoms. The second-order valence-corrected chi connectivity index (χ2v) is 8.50. The van der Waals surface area contributed by atoms with Gasteiger partial charge in [0, 0.05) is 6.26 Å². The van der Waals surface area contributed by atoms with Crippen LogP contribution in [-0.2, 0) is 19.4 Å². The van der Waals surface area contributed by atoms with E-state index in [1.54, 1.807) is 12.1 Å². The summed E-state index contributed by atoms with van der Waals surface area (Å²) in [6, 6.07) is 15.0. The van der Waals surface area contributed by atoms with Gasteiger partial charge in [0.1, 0.15) is 0 Å². The SMILES string of the molecule is CS(=O)(=O)c1cccc(C(NC(=O)C2CC2C(=O)O)c2ccccc2)c1. The number of carbonyl (C=O) groups is 2. The third kappa shape index (κ3) is 3.94. The van der Waals surface area contributed by atoms with Crippen molar-refractivity contribution in [2.45, 2.75) is 17.4 Å². The molecule has 2 N–H and O–H groups in total. The van der Waals surface area contributed by atoms with E-state index in [4.69, 9.17) is 5.11 Å². The predicted octanol–water partition coefficient (Wildman–Crippen LogP) is 2.02. The van der Waals surface area contributed by atoms with Crippen LogP contribution in [0.5, 0.6) is 0 Å². The van der Waals surface area contributed by atoms with Gasteiger partial charge < -0.3 is 10.4 Å². The van der Waals surface area contributed by atoms with E-state index in [9.17, 15) is 18.0 Å². The Labute approximate surface area is 151 Å². The summed E-state index contributed by atoms with van der Waals surface area (Å²) in [5.41, 5.74) is 1.42. The van der Waals surface area contributed by atoms with Gasteiger partial charge in [-0.3, -0.25) is 9.59 Å². The van der Waals surface area contributed by atoms with E-state index in [1.165, 1.54) is 12.1 Å². The Bertz CT molecular complexity index is 939. The summed E-state index contributed by atoms with van der Waals surface area (Å²) in [6.45, 7) is 0. The highest BCUT2D eigenvalue weighted by Gasteiger charge is 2.48. The summed E-state index contributed by atoms with van der Waals surface area (Å²) in [5, 5.41) is 11.9. The monoisotopic (exact) mass is 373 g/mol. The van der Waals surface area contributed by atoms with E-state index < -0.39 is 33.7 Å². The van der Waals surface area contributed by atoms with Crippen LogP contribution in [0.2, 0.25) is 0 Å². The molecule has 136 valence electrons. The van der Waals surface area contributed by atoms with E-state index in [0.29, 0.717) is 12.0 Å². The molecule has 3 atom stereocenters. The van der Waals surface area contributed by atoms with Crippen LogP contribution in [0, 0.1) is 11.8 Å². The largest absolute Gasteiger partial charge is 0.481 e. The first-order valence-corrected chi connectivity index (χ1v) is 10.0. The lowest BCUT2D eigenvalue weighted by Gasteiger charge is -2.20. The van der Waals surface area contributed by atoms with Crippen LogP contribution in [0.1, 0.15) is 23.6 Å². The van der Waals surface area contributed by atoms with Crippen LogP contribution >= 0.6 is 0 Å². The molecule has 1 amide bonds. The molecule has 2 aromatic carbocycles. The molecule has 1 aliphatic rings. The van der Waals surface area contributed by atoms with Gasteiger partial charge in [-0.2, -0.15) is 0 Å². The molecule has 1 aliphatic carbocycles. The second kappa shape index (κ2) is 6.92. The molecule has 0 radical (unpaired) electrons. The summed E-state index contributed by atoms with van der Waals surface area (Å²) < 4.78 is 23.7. The zero-order valence-corrected chi connectivity index (χ0v) is 14.9. The molecule has 0 spiro atoms. The van der Waals surface area contributed by atoms with Gasteiger partial charge in [0.05, 0.1) is 22.8 Å². The lowest BCUT2D eigenvalue weighted by molar-refractivity contribution is -0.140. The van der Waals surface area contributed by atoms with E-state index >= 15 is 0 Å². The van der Waals surface area contributed by atoms with Crippen molar-refractivity contribution in [2.75, 3.05) is 6.26 Å². The molecule has 6 nitrogen and oxygen atoms in total. The number of carbonyl (C=O) groups excluding carboxylic acids is 1. The van der Waals surface area contributed by atoms with Gasteiger partial charge in [-0.25, -0.2) is 8.42 Å². The van der Waals surface area contributed by atoms with Crippen molar-refractivity contribution in [3.63, 3.8) is 0 Å². The maximum Gasteiger partial charge on any atom is 0.307 e. The predicted molar refractivity (Wildman–Crippen MR) is 95.2 cm³/mol. The quantitative estimate of drug-likeness (QED) is 0.807. The number of rotatable bonds is 6. The smallest absolute Gasteiger partial charge is 0.307 e. The zero-order chi connectivity index (χ0) is 18.9. The fourth-order valence-electron chi connectivity index (χ4n) is 2.94. The van der Waals surface area contributed by atoms with Gasteiger partial charge in [-0.15, -0.1) is 0 Å². The number of carboxylic acid groups (broad SMARTS) is 1. The number of carboxylic acids is 1. The van der Waals surface area contributed by atoms with Crippen molar-refractivity contribution in [2.24, 2.45) is 11.8 Å². The highest BCUT2D eigenvalue weighted by atomic mass is 32.2. The molecule has 0 aromatic heterocycles. The van der Waals surface area contributed by atoms with Gasteiger partial charge in [0.2, 0.25) is 5.91 Å². The molecule has 7 heteroatoms. The lowest BCUT2D eigenvalue weighted by Crippen LogP contribution is -2.31. The molecule has 2 aromatic rings. The average molecular weight is 373 g/mol. The number of hydrogen-bond donors (Lipinski definition) is 2. The summed E-state index contributed by atoms with van der Waals surface area (Å²) in [7, 11) is -3.38. The first-order valence-electron chi connectivity index (χ1n) is 8.15. The van der Waals surface area contributed by atoms with Gasteiger partial charge in [-0.05, 0) is 29.7 Å². The van der Waals surface area contributed by atoms with Crippen molar-refractivity contribution in [1.29, 1.82) is 0 Å². The van der Waals surface area contributed by atoms with Crippen LogP contribution < -0.4 is 5.32 Å². The van der Waals surface area contributed by atoms with Crippen molar-refractivity contribution < 1.29 is 23.1 Å². The molecule has 3 unspecified atom stereocenters. The molecule has 0 heterocycles. The van der Waals surface area contributed by atoms with Crippen molar-refractivity contribution >= 4 is 21.7 Å². The van der Waals surface area contributed by atoms with Crippen LogP contribution in [-0.4, -0.2) is 31.7 Å². The molecule has 1 fully saturated rings. The Morgan fingerprint density at radius 1 is 1.04 bits per heavy atom. The van der Waals surface area contributed by atoms with E-state index in [0.717, 1.165) is 11.8 Å². The maximum absolute atomic E-state index is 12.5. The molecular formula is C19H19NO5S. The minimum atomic E-state index is -3.38. The first-order chi connectivity index (χ1) is 12.3. The number of nitrogens with one attached hydrogen (secondary N) is 1. The minimum absolute atomic E-state index is 0.167. The van der Waals surface area contributed by atoms with Crippen LogP contribution in [0.4, 0.5) is 0 Å². The fourth-order valence-corrected chi connectivity index (χ4v) is 3.61. The second-order valence-electron chi connectivity index (χ2n) is 6.48. The maximum atomic E-state index is 12.5. The molecule has 3 rings (SSSR count). The molecule has 0 saturated heterocycles. The van der Waals surface area contributed by atoms with Gasteiger partial charge in [-0.1, -0.05) is 42.5 Å². The fraction of sp³-hybridized carbons (Fsp3) is 0.263. The summed E-state index contributed by atoms with van der Waals surface area (Å²) >= 11 is 0. The topological polar surface area (TPSA) is 101 Å². The van der Waals surface area contributed by atoms with Crippen molar-refractivity contribution in [1.82, 2.24) is 5.32 Å². The molecular weight excluding hydrogens is 354 g/mol. The summed E-state index contributed by atoms with van der Waals surface area (Å²) in [4.78, 5) is 23.6. The lowest BCUT2D eigenvalue weighted by atomic mass is 9.98. The highest BCUT2D eigenvalue weighted by molar-refractivity contribution is 7.90. The third-order valence-corrected chi connectivity index (χ3v) is 5.59. The number of hydrogen-bond acceptors (Lipinski definition) is 4. The Morgan fingerprint density at radius 3 is 2.27 bits per heavy atom. The van der Waals surface area contributed by atoms with E-state index in [1.807, 2.05) is 30.3 Å². The Morgan fingerprint density at radius 2 is 1.69 bits per heavy atom. The zero-order valence-electron chi connectivity index (χ0n) is 14.1. The standard InChI is InChI=1S/C19H19NO5S/c1-26(24,25)14-9-5-8-13(10-14)17(12-6-3-2-4-7-12)20-18(21)15-11-16(15)19(22)23/h2-10,15-17H,11H2,1H3,(H,20,21)(H,22,23). The van der Waals surface area contributed by atoms with Crippen molar-refractivity contribution in [3.8, 4) is 0 Å². The summed E-state index contributed by atoms with van der Waals surface area (Å²) in [5.74, 6) is -2.50.